The molecule has 2 N–H and O–H groups in total. The summed E-state index contributed by atoms with van der Waals surface area (Å²) in [7, 11) is 0. The Morgan fingerprint density at radius 2 is 2.03 bits per heavy atom. The molecule has 5 rings (SSSR count). The summed E-state index contributed by atoms with van der Waals surface area (Å²) in [6.45, 7) is 4.28. The molecule has 3 aromatic rings. The number of aliphatic hydroxyl groups is 1. The molecule has 0 radical (unpaired) electrons. The number of hydrogen-bond acceptors (Lipinski definition) is 5. The number of fused-ring (bicyclic) bond motifs is 2. The highest BCUT2D eigenvalue weighted by Crippen LogP contribution is 2.36. The maximum atomic E-state index is 13.2. The average Bonchev–Trinajstić information content (AvgIpc) is 3.15. The molecule has 31 heavy (non-hydrogen) atoms. The summed E-state index contributed by atoms with van der Waals surface area (Å²) in [5.74, 6) is -0.113. The van der Waals surface area contributed by atoms with Crippen LogP contribution in [0.1, 0.15) is 34.5 Å². The van der Waals surface area contributed by atoms with E-state index in [9.17, 15) is 9.90 Å². The van der Waals surface area contributed by atoms with Crippen molar-refractivity contribution in [3.63, 3.8) is 0 Å². The molecule has 0 bridgehead atoms. The maximum Gasteiger partial charge on any atom is 0.257 e. The number of carbonyl (C=O) groups is 1. The lowest BCUT2D eigenvalue weighted by Crippen LogP contribution is -2.60. The second kappa shape index (κ2) is 7.74. The topological polar surface area (TPSA) is 85.4 Å². The van der Waals surface area contributed by atoms with Crippen molar-refractivity contribution in [3.05, 3.63) is 57.3 Å². The SMILES string of the molecule is Cc1[nH]nc2ncc(C(=O)N3CCN4C[C@](O)(c5ccc(Cl)cc5)CC[C@@H]4C3)c(Cl)c12. The van der Waals surface area contributed by atoms with Crippen LogP contribution in [0.5, 0.6) is 0 Å². The van der Waals surface area contributed by atoms with Crippen molar-refractivity contribution in [3.8, 4) is 0 Å². The molecule has 0 aliphatic carbocycles. The average molecular weight is 460 g/mol. The summed E-state index contributed by atoms with van der Waals surface area (Å²) in [6, 6.07) is 7.62. The van der Waals surface area contributed by atoms with Crippen LogP contribution in [0.15, 0.2) is 30.5 Å². The fourth-order valence-corrected chi connectivity index (χ4v) is 5.27. The molecule has 0 saturated carbocycles. The minimum atomic E-state index is -0.898. The zero-order valence-corrected chi connectivity index (χ0v) is 18.6. The number of halogens is 2. The van der Waals surface area contributed by atoms with E-state index in [4.69, 9.17) is 23.2 Å². The Bertz CT molecular complexity index is 1150. The molecule has 0 spiro atoms. The van der Waals surface area contributed by atoms with E-state index in [1.54, 1.807) is 0 Å². The van der Waals surface area contributed by atoms with Crippen LogP contribution in [0, 0.1) is 6.92 Å². The number of benzene rings is 1. The van der Waals surface area contributed by atoms with E-state index in [-0.39, 0.29) is 11.9 Å². The van der Waals surface area contributed by atoms with E-state index in [0.29, 0.717) is 59.2 Å². The molecule has 162 valence electrons. The Kier molecular flexibility index (Phi) is 5.17. The predicted octanol–water partition coefficient (Wildman–Crippen LogP) is 3.38. The van der Waals surface area contributed by atoms with Gasteiger partial charge in [0.2, 0.25) is 0 Å². The van der Waals surface area contributed by atoms with Gasteiger partial charge in [-0.05, 0) is 37.5 Å². The molecule has 2 fully saturated rings. The van der Waals surface area contributed by atoms with E-state index in [1.165, 1.54) is 6.20 Å². The Morgan fingerprint density at radius 3 is 2.81 bits per heavy atom. The van der Waals surface area contributed by atoms with Crippen molar-refractivity contribution in [1.29, 1.82) is 0 Å². The normalized spacial score (nSPS) is 24.4. The number of amides is 1. The quantitative estimate of drug-likeness (QED) is 0.613. The summed E-state index contributed by atoms with van der Waals surface area (Å²) in [5, 5.41) is 20.0. The molecule has 2 aromatic heterocycles. The van der Waals surface area contributed by atoms with Crippen molar-refractivity contribution in [2.45, 2.75) is 31.4 Å². The monoisotopic (exact) mass is 459 g/mol. The Balaban J connectivity index is 1.32. The van der Waals surface area contributed by atoms with Crippen LogP contribution in [0.25, 0.3) is 11.0 Å². The first-order chi connectivity index (χ1) is 14.9. The van der Waals surface area contributed by atoms with Crippen molar-refractivity contribution < 1.29 is 9.90 Å². The van der Waals surface area contributed by atoms with E-state index in [2.05, 4.69) is 20.1 Å². The number of carbonyl (C=O) groups excluding carboxylic acids is 1. The zero-order valence-electron chi connectivity index (χ0n) is 17.1. The number of nitrogens with one attached hydrogen (secondary N) is 1. The van der Waals surface area contributed by atoms with Crippen LogP contribution in [0.2, 0.25) is 10.0 Å². The molecule has 4 heterocycles. The minimum absolute atomic E-state index is 0.113. The Labute approximate surface area is 190 Å². The Morgan fingerprint density at radius 1 is 1.26 bits per heavy atom. The highest BCUT2D eigenvalue weighted by atomic mass is 35.5. The minimum Gasteiger partial charge on any atom is -0.384 e. The van der Waals surface area contributed by atoms with Gasteiger partial charge in [0.25, 0.3) is 5.91 Å². The number of aromatic nitrogens is 3. The molecule has 0 unspecified atom stereocenters. The lowest BCUT2D eigenvalue weighted by Gasteiger charge is -2.49. The number of pyridine rings is 1. The van der Waals surface area contributed by atoms with Gasteiger partial charge in [-0.15, -0.1) is 0 Å². The second-order valence-electron chi connectivity index (χ2n) is 8.49. The van der Waals surface area contributed by atoms with Crippen molar-refractivity contribution >= 4 is 40.1 Å². The summed E-state index contributed by atoms with van der Waals surface area (Å²) in [6.07, 6.45) is 2.95. The fraction of sp³-hybridized carbons (Fsp3) is 0.409. The molecular weight excluding hydrogens is 437 g/mol. The van der Waals surface area contributed by atoms with Gasteiger partial charge in [-0.3, -0.25) is 14.8 Å². The summed E-state index contributed by atoms with van der Waals surface area (Å²) >= 11 is 12.6. The lowest BCUT2D eigenvalue weighted by molar-refractivity contribution is -0.0740. The van der Waals surface area contributed by atoms with Crippen LogP contribution < -0.4 is 0 Å². The number of aromatic amines is 1. The number of rotatable bonds is 2. The molecule has 1 amide bonds. The lowest BCUT2D eigenvalue weighted by atomic mass is 9.82. The molecule has 2 aliphatic rings. The molecule has 9 heteroatoms. The number of hydrogen-bond donors (Lipinski definition) is 2. The van der Waals surface area contributed by atoms with E-state index >= 15 is 0 Å². The predicted molar refractivity (Wildman–Crippen MR) is 119 cm³/mol. The smallest absolute Gasteiger partial charge is 0.257 e. The van der Waals surface area contributed by atoms with Gasteiger partial charge in [-0.1, -0.05) is 35.3 Å². The molecule has 2 atom stereocenters. The van der Waals surface area contributed by atoms with Crippen molar-refractivity contribution in [1.82, 2.24) is 25.0 Å². The van der Waals surface area contributed by atoms with Crippen molar-refractivity contribution in [2.24, 2.45) is 0 Å². The van der Waals surface area contributed by atoms with Crippen LogP contribution >= 0.6 is 23.2 Å². The number of nitrogens with zero attached hydrogens (tertiary/aromatic N) is 4. The van der Waals surface area contributed by atoms with Gasteiger partial charge < -0.3 is 10.0 Å². The highest BCUT2D eigenvalue weighted by molar-refractivity contribution is 6.38. The van der Waals surface area contributed by atoms with E-state index in [1.807, 2.05) is 36.1 Å². The highest BCUT2D eigenvalue weighted by Gasteiger charge is 2.42. The largest absolute Gasteiger partial charge is 0.384 e. The fourth-order valence-electron chi connectivity index (χ4n) is 4.78. The van der Waals surface area contributed by atoms with Crippen molar-refractivity contribution in [2.75, 3.05) is 26.2 Å². The summed E-state index contributed by atoms with van der Waals surface area (Å²) in [4.78, 5) is 21.7. The van der Waals surface area contributed by atoms with Crippen LogP contribution in [0.4, 0.5) is 0 Å². The van der Waals surface area contributed by atoms with Gasteiger partial charge >= 0.3 is 0 Å². The third kappa shape index (κ3) is 3.59. The van der Waals surface area contributed by atoms with Gasteiger partial charge in [0.05, 0.1) is 16.0 Å². The van der Waals surface area contributed by atoms with Gasteiger partial charge in [-0.25, -0.2) is 4.98 Å². The molecule has 2 saturated heterocycles. The number of H-pyrrole nitrogens is 1. The first-order valence-corrected chi connectivity index (χ1v) is 11.1. The second-order valence-corrected chi connectivity index (χ2v) is 9.30. The third-order valence-corrected chi connectivity index (χ3v) is 7.20. The zero-order chi connectivity index (χ0) is 21.8. The molecule has 1 aromatic carbocycles. The Hall–Kier alpha value is -2.19. The van der Waals surface area contributed by atoms with Crippen LogP contribution in [0.3, 0.4) is 0 Å². The summed E-state index contributed by atoms with van der Waals surface area (Å²) < 4.78 is 0. The van der Waals surface area contributed by atoms with Gasteiger partial charge in [0.1, 0.15) is 5.60 Å². The standard InChI is InChI=1S/C22H23Cl2N5O2/c1-13-18-19(24)17(10-25-20(18)27-26-13)21(30)28-8-9-29-12-22(31,7-6-16(29)11-28)14-2-4-15(23)5-3-14/h2-5,10,16,31H,6-9,11-12H2,1H3,(H,25,26,27)/t16-,22+/m1/s1. The van der Waals surface area contributed by atoms with Gasteiger partial charge in [0, 0.05) is 49.1 Å². The molecule has 7 nitrogen and oxygen atoms in total. The number of piperidine rings is 1. The summed E-state index contributed by atoms with van der Waals surface area (Å²) in [5.41, 5.74) is 1.69. The third-order valence-electron chi connectivity index (χ3n) is 6.56. The van der Waals surface area contributed by atoms with E-state index < -0.39 is 5.60 Å². The van der Waals surface area contributed by atoms with Gasteiger partial charge in [-0.2, -0.15) is 5.10 Å². The first-order valence-electron chi connectivity index (χ1n) is 10.4. The maximum absolute atomic E-state index is 13.2. The molecule has 2 aliphatic heterocycles. The number of aryl methyl sites for hydroxylation is 1. The molecular formula is C22H23Cl2N5O2. The van der Waals surface area contributed by atoms with Crippen LogP contribution in [-0.4, -0.2) is 68.2 Å². The van der Waals surface area contributed by atoms with E-state index in [0.717, 1.165) is 17.7 Å². The first kappa shape index (κ1) is 20.7. The van der Waals surface area contributed by atoms with Crippen LogP contribution in [-0.2, 0) is 5.60 Å². The number of piperazine rings is 1. The van der Waals surface area contributed by atoms with Gasteiger partial charge in [0.15, 0.2) is 5.65 Å².